The van der Waals surface area contributed by atoms with Gasteiger partial charge in [-0.15, -0.1) is 0 Å². The van der Waals surface area contributed by atoms with Crippen molar-refractivity contribution in [2.75, 3.05) is 19.6 Å². The van der Waals surface area contributed by atoms with E-state index in [0.29, 0.717) is 12.2 Å². The molecule has 0 amide bonds. The maximum Gasteiger partial charge on any atom is 0.433 e. The highest BCUT2D eigenvalue weighted by Crippen LogP contribution is 2.30. The van der Waals surface area contributed by atoms with E-state index >= 15 is 0 Å². The maximum absolute atomic E-state index is 12.8. The van der Waals surface area contributed by atoms with Gasteiger partial charge in [-0.2, -0.15) is 13.2 Å². The summed E-state index contributed by atoms with van der Waals surface area (Å²) >= 11 is 0. The molecule has 1 aliphatic rings. The molecule has 1 aromatic rings. The number of halogens is 3. The lowest BCUT2D eigenvalue weighted by Gasteiger charge is -2.33. The lowest BCUT2D eigenvalue weighted by molar-refractivity contribution is -0.141. The topological polar surface area (TPSA) is 37.7 Å². The van der Waals surface area contributed by atoms with E-state index in [0.717, 1.165) is 68.0 Å². The van der Waals surface area contributed by atoms with Crippen LogP contribution >= 0.6 is 0 Å². The van der Waals surface area contributed by atoms with E-state index < -0.39 is 11.9 Å². The van der Waals surface area contributed by atoms with Crippen LogP contribution < -0.4 is 4.74 Å². The van der Waals surface area contributed by atoms with Gasteiger partial charge in [-0.05, 0) is 69.5 Å². The van der Waals surface area contributed by atoms with Crippen LogP contribution in [0.25, 0.3) is 0 Å². The van der Waals surface area contributed by atoms with E-state index in [2.05, 4.69) is 35.0 Å². The van der Waals surface area contributed by atoms with Crippen molar-refractivity contribution < 1.29 is 17.9 Å². The number of pyridine rings is 1. The SMILES string of the molecule is C=C(CC)C(=C)CN1CCC(C(=N\C=C/C)/C(=C/CC)Oc2ccc(C(F)(F)F)nc2)CC1. The Morgan fingerprint density at radius 2 is 1.91 bits per heavy atom. The van der Waals surface area contributed by atoms with E-state index in [1.165, 1.54) is 6.07 Å². The highest BCUT2D eigenvalue weighted by Gasteiger charge is 2.32. The Labute approximate surface area is 195 Å². The molecule has 1 fully saturated rings. The van der Waals surface area contributed by atoms with Crippen LogP contribution in [-0.2, 0) is 6.18 Å². The van der Waals surface area contributed by atoms with Crippen molar-refractivity contribution in [2.24, 2.45) is 10.9 Å². The third kappa shape index (κ3) is 8.00. The molecule has 0 unspecified atom stereocenters. The summed E-state index contributed by atoms with van der Waals surface area (Å²) < 4.78 is 44.5. The quantitative estimate of drug-likeness (QED) is 0.214. The minimum Gasteiger partial charge on any atom is -0.454 e. The van der Waals surface area contributed by atoms with Gasteiger partial charge in [-0.3, -0.25) is 9.89 Å². The molecule has 0 N–H and O–H groups in total. The van der Waals surface area contributed by atoms with Crippen LogP contribution in [-0.4, -0.2) is 35.2 Å². The van der Waals surface area contributed by atoms with E-state index in [9.17, 15) is 13.2 Å². The maximum atomic E-state index is 12.8. The van der Waals surface area contributed by atoms with Gasteiger partial charge in [0.25, 0.3) is 0 Å². The van der Waals surface area contributed by atoms with Crippen molar-refractivity contribution in [3.05, 3.63) is 72.4 Å². The van der Waals surface area contributed by atoms with E-state index in [-0.39, 0.29) is 11.7 Å². The summed E-state index contributed by atoms with van der Waals surface area (Å²) in [5.41, 5.74) is 2.02. The van der Waals surface area contributed by atoms with Crippen molar-refractivity contribution in [3.63, 3.8) is 0 Å². The molecular weight excluding hydrogens is 427 g/mol. The van der Waals surface area contributed by atoms with Gasteiger partial charge >= 0.3 is 6.18 Å². The zero-order chi connectivity index (χ0) is 24.4. The second-order valence-electron chi connectivity index (χ2n) is 8.06. The molecular formula is C26H34F3N3O. The van der Waals surface area contributed by atoms with Gasteiger partial charge in [0.2, 0.25) is 0 Å². The largest absolute Gasteiger partial charge is 0.454 e. The first kappa shape index (κ1) is 26.6. The number of ether oxygens (including phenoxy) is 1. The van der Waals surface area contributed by atoms with Crippen molar-refractivity contribution in [2.45, 2.75) is 52.6 Å². The third-order valence-electron chi connectivity index (χ3n) is 5.57. The third-order valence-corrected chi connectivity index (χ3v) is 5.57. The van der Waals surface area contributed by atoms with Gasteiger partial charge in [0, 0.05) is 18.7 Å². The summed E-state index contributed by atoms with van der Waals surface area (Å²) in [6, 6.07) is 2.22. The molecule has 0 saturated carbocycles. The number of rotatable bonds is 10. The number of hydrogen-bond donors (Lipinski definition) is 0. The molecule has 7 heteroatoms. The summed E-state index contributed by atoms with van der Waals surface area (Å²) in [5, 5.41) is 0. The average Bonchev–Trinajstić information content (AvgIpc) is 2.79. The van der Waals surface area contributed by atoms with Crippen LogP contribution in [0.3, 0.4) is 0 Å². The van der Waals surface area contributed by atoms with Gasteiger partial charge in [0.1, 0.15) is 17.2 Å². The molecule has 4 nitrogen and oxygen atoms in total. The van der Waals surface area contributed by atoms with Gasteiger partial charge < -0.3 is 4.74 Å². The molecule has 33 heavy (non-hydrogen) atoms. The molecule has 180 valence electrons. The van der Waals surface area contributed by atoms with Gasteiger partial charge in [-0.25, -0.2) is 4.98 Å². The molecule has 0 atom stereocenters. The molecule has 0 bridgehead atoms. The zero-order valence-corrected chi connectivity index (χ0v) is 19.8. The molecule has 2 heterocycles. The first-order valence-electron chi connectivity index (χ1n) is 11.4. The summed E-state index contributed by atoms with van der Waals surface area (Å²) in [6.45, 7) is 16.8. The Kier molecular flexibility index (Phi) is 10.1. The monoisotopic (exact) mass is 461 g/mol. The molecule has 1 aromatic heterocycles. The second-order valence-corrected chi connectivity index (χ2v) is 8.06. The van der Waals surface area contributed by atoms with Crippen LogP contribution in [0.4, 0.5) is 13.2 Å². The molecule has 1 aliphatic heterocycles. The van der Waals surface area contributed by atoms with Crippen LogP contribution in [0.2, 0.25) is 0 Å². The standard InChI is InChI=1S/C26H34F3N3O/c1-6-9-23(33-22-10-11-24(31-17-22)26(27,28)29)25(30-14-7-2)21-12-15-32(16-13-21)18-20(5)19(4)8-3/h7,9-11,14,17,21H,4-6,8,12-13,15-16,18H2,1-3H3/b14-7-,23-9-,30-25+. The summed E-state index contributed by atoms with van der Waals surface area (Å²) in [7, 11) is 0. The van der Waals surface area contributed by atoms with Crippen LogP contribution in [0.15, 0.2) is 71.7 Å². The highest BCUT2D eigenvalue weighted by molar-refractivity contribution is 6.01. The minimum atomic E-state index is -4.48. The number of hydrogen-bond acceptors (Lipinski definition) is 4. The lowest BCUT2D eigenvalue weighted by atomic mass is 9.90. The predicted octanol–water partition coefficient (Wildman–Crippen LogP) is 6.98. The van der Waals surface area contributed by atoms with Crippen molar-refractivity contribution in [3.8, 4) is 5.75 Å². The number of allylic oxidation sites excluding steroid dienone is 3. The fourth-order valence-electron chi connectivity index (χ4n) is 3.64. The molecule has 0 aromatic carbocycles. The number of likely N-dealkylation sites (tertiary alicyclic amines) is 1. The van der Waals surface area contributed by atoms with Gasteiger partial charge in [0.05, 0.1) is 11.9 Å². The summed E-state index contributed by atoms with van der Waals surface area (Å²) in [6.07, 6.45) is 5.52. The average molecular weight is 462 g/mol. The number of alkyl halides is 3. The number of aromatic nitrogens is 1. The van der Waals surface area contributed by atoms with Crippen LogP contribution in [0.1, 0.15) is 52.1 Å². The molecule has 0 radical (unpaired) electrons. The number of piperidine rings is 1. The molecule has 0 aliphatic carbocycles. The Morgan fingerprint density at radius 3 is 2.42 bits per heavy atom. The van der Waals surface area contributed by atoms with Gasteiger partial charge in [0.15, 0.2) is 0 Å². The normalized spacial score (nSPS) is 16.9. The van der Waals surface area contributed by atoms with Crippen molar-refractivity contribution >= 4 is 5.71 Å². The highest BCUT2D eigenvalue weighted by atomic mass is 19.4. The molecule has 1 saturated heterocycles. The Morgan fingerprint density at radius 1 is 1.21 bits per heavy atom. The summed E-state index contributed by atoms with van der Waals surface area (Å²) in [5.74, 6) is 1.00. The van der Waals surface area contributed by atoms with Gasteiger partial charge in [-0.1, -0.05) is 38.7 Å². The Balaban J connectivity index is 2.16. The molecule has 0 spiro atoms. The summed E-state index contributed by atoms with van der Waals surface area (Å²) in [4.78, 5) is 10.5. The fourth-order valence-corrected chi connectivity index (χ4v) is 3.64. The van der Waals surface area contributed by atoms with Crippen LogP contribution in [0.5, 0.6) is 5.75 Å². The minimum absolute atomic E-state index is 0.181. The number of nitrogens with zero attached hydrogens (tertiary/aromatic N) is 3. The Hall–Kier alpha value is -2.67. The van der Waals surface area contributed by atoms with E-state index in [4.69, 9.17) is 4.74 Å². The lowest BCUT2D eigenvalue weighted by Crippen LogP contribution is -2.38. The first-order valence-corrected chi connectivity index (χ1v) is 11.4. The van der Waals surface area contributed by atoms with Crippen molar-refractivity contribution in [1.29, 1.82) is 0 Å². The predicted molar refractivity (Wildman–Crippen MR) is 128 cm³/mol. The molecule has 2 rings (SSSR count). The fraction of sp³-hybridized carbons (Fsp3) is 0.462. The second kappa shape index (κ2) is 12.5. The Bertz CT molecular complexity index is 890. The zero-order valence-electron chi connectivity index (χ0n) is 19.8. The van der Waals surface area contributed by atoms with Crippen molar-refractivity contribution in [1.82, 2.24) is 9.88 Å². The smallest absolute Gasteiger partial charge is 0.433 e. The van der Waals surface area contributed by atoms with E-state index in [1.807, 2.05) is 26.0 Å². The van der Waals surface area contributed by atoms with Crippen LogP contribution in [0, 0.1) is 5.92 Å². The van der Waals surface area contributed by atoms with E-state index in [1.54, 1.807) is 6.20 Å². The first-order chi connectivity index (χ1) is 15.7. The number of aliphatic imine (C=N–C) groups is 1.